The van der Waals surface area contributed by atoms with Crippen LogP contribution in [0.5, 0.6) is 5.75 Å². The van der Waals surface area contributed by atoms with Crippen LogP contribution in [-0.4, -0.2) is 34.2 Å². The maximum absolute atomic E-state index is 14.7. The van der Waals surface area contributed by atoms with Gasteiger partial charge in [-0.25, -0.2) is 18.8 Å². The number of fused-ring (bicyclic) bond motifs is 3. The van der Waals surface area contributed by atoms with Crippen molar-refractivity contribution < 1.29 is 18.3 Å². The molecule has 1 saturated heterocycles. The fraction of sp³-hybridized carbons (Fsp3) is 0.273. The van der Waals surface area contributed by atoms with E-state index >= 15 is 0 Å². The first-order chi connectivity index (χ1) is 15.0. The minimum Gasteiger partial charge on any atom is -0.488 e. The van der Waals surface area contributed by atoms with Crippen molar-refractivity contribution in [1.82, 2.24) is 15.2 Å². The van der Waals surface area contributed by atoms with Crippen molar-refractivity contribution >= 4 is 35.6 Å². The SMILES string of the molecule is Cl.O=C(c1[nH]nc2c1COc1cc(Cl)ccc1-2)N(c1ccc(F)cc1F)N1CCCCC1. The molecular formula is C22H20Cl2F2N4O2. The van der Waals surface area contributed by atoms with E-state index in [9.17, 15) is 13.6 Å². The lowest BCUT2D eigenvalue weighted by atomic mass is 10.0. The van der Waals surface area contributed by atoms with Crippen LogP contribution in [0.3, 0.4) is 0 Å². The van der Waals surface area contributed by atoms with Crippen molar-refractivity contribution in [2.45, 2.75) is 25.9 Å². The molecule has 0 aliphatic carbocycles. The van der Waals surface area contributed by atoms with Gasteiger partial charge in [-0.1, -0.05) is 18.0 Å². The normalized spacial score (nSPS) is 15.2. The molecule has 32 heavy (non-hydrogen) atoms. The third-order valence-electron chi connectivity index (χ3n) is 5.60. The summed E-state index contributed by atoms with van der Waals surface area (Å²) in [5, 5.41) is 10.8. The first-order valence-corrected chi connectivity index (χ1v) is 10.4. The monoisotopic (exact) mass is 480 g/mol. The quantitative estimate of drug-likeness (QED) is 0.547. The molecule has 0 unspecified atom stereocenters. The molecule has 2 aliphatic rings. The molecule has 2 aromatic carbocycles. The molecule has 6 nitrogen and oxygen atoms in total. The van der Waals surface area contributed by atoms with Crippen LogP contribution in [0.25, 0.3) is 11.3 Å². The van der Waals surface area contributed by atoms with Crippen LogP contribution < -0.4 is 9.75 Å². The number of carbonyl (C=O) groups is 1. The van der Waals surface area contributed by atoms with Gasteiger partial charge in [-0.15, -0.1) is 12.4 Å². The summed E-state index contributed by atoms with van der Waals surface area (Å²) in [6.07, 6.45) is 2.80. The van der Waals surface area contributed by atoms with Gasteiger partial charge in [-0.05, 0) is 43.2 Å². The molecule has 2 aliphatic heterocycles. The standard InChI is InChI=1S/C22H19ClF2N4O2.ClH/c23-13-4-6-15-19(10-13)31-12-16-20(15)26-27-21(16)22(30)29(28-8-2-1-3-9-28)18-7-5-14(24)11-17(18)25;/h4-7,10-11H,1-3,8-9,12H2,(H,26,27);1H. The molecular weight excluding hydrogens is 461 g/mol. The summed E-state index contributed by atoms with van der Waals surface area (Å²) >= 11 is 6.04. The Morgan fingerprint density at radius 1 is 1.12 bits per heavy atom. The van der Waals surface area contributed by atoms with Crippen LogP contribution in [0.2, 0.25) is 5.02 Å². The zero-order valence-corrected chi connectivity index (χ0v) is 18.5. The highest BCUT2D eigenvalue weighted by Gasteiger charge is 2.33. The topological polar surface area (TPSA) is 61.5 Å². The van der Waals surface area contributed by atoms with Gasteiger partial charge in [0.05, 0.1) is 5.69 Å². The van der Waals surface area contributed by atoms with Gasteiger partial charge >= 0.3 is 0 Å². The second-order valence-electron chi connectivity index (χ2n) is 7.58. The van der Waals surface area contributed by atoms with Crippen LogP contribution in [0.1, 0.15) is 35.3 Å². The number of piperidine rings is 1. The van der Waals surface area contributed by atoms with Gasteiger partial charge in [0, 0.05) is 35.3 Å². The number of hydrogen-bond donors (Lipinski definition) is 1. The second kappa shape index (κ2) is 9.05. The van der Waals surface area contributed by atoms with E-state index in [-0.39, 0.29) is 30.4 Å². The van der Waals surface area contributed by atoms with E-state index in [1.165, 1.54) is 11.1 Å². The molecule has 10 heteroatoms. The predicted molar refractivity (Wildman–Crippen MR) is 119 cm³/mol. The van der Waals surface area contributed by atoms with Crippen molar-refractivity contribution in [1.29, 1.82) is 0 Å². The Hall–Kier alpha value is -2.68. The van der Waals surface area contributed by atoms with E-state index in [4.69, 9.17) is 16.3 Å². The average Bonchev–Trinajstić information content (AvgIpc) is 3.20. The molecule has 0 atom stereocenters. The van der Waals surface area contributed by atoms with E-state index in [1.54, 1.807) is 23.2 Å². The third-order valence-corrected chi connectivity index (χ3v) is 5.83. The van der Waals surface area contributed by atoms with Crippen LogP contribution in [-0.2, 0) is 6.61 Å². The number of hydrogen-bond acceptors (Lipinski definition) is 4. The molecule has 5 rings (SSSR count). The summed E-state index contributed by atoms with van der Waals surface area (Å²) in [5.74, 6) is -1.39. The van der Waals surface area contributed by atoms with Crippen molar-refractivity contribution in [2.24, 2.45) is 0 Å². The van der Waals surface area contributed by atoms with Crippen molar-refractivity contribution in [3.63, 3.8) is 0 Å². The second-order valence-corrected chi connectivity index (χ2v) is 8.02. The molecule has 0 bridgehead atoms. The Labute approximate surface area is 194 Å². The number of carbonyl (C=O) groups excluding carboxylic acids is 1. The highest BCUT2D eigenvalue weighted by Crippen LogP contribution is 2.39. The van der Waals surface area contributed by atoms with Gasteiger partial charge in [0.15, 0.2) is 5.82 Å². The summed E-state index contributed by atoms with van der Waals surface area (Å²) in [5.41, 5.74) is 2.12. The minimum atomic E-state index is -0.802. The number of H-pyrrole nitrogens is 1. The summed E-state index contributed by atoms with van der Waals surface area (Å²) in [4.78, 5) is 13.7. The number of nitrogens with zero attached hydrogens (tertiary/aromatic N) is 3. The van der Waals surface area contributed by atoms with Gasteiger partial charge in [0.2, 0.25) is 0 Å². The lowest BCUT2D eigenvalue weighted by Gasteiger charge is -2.37. The number of halogens is 4. The summed E-state index contributed by atoms with van der Waals surface area (Å²) in [7, 11) is 0. The molecule has 1 amide bonds. The number of ether oxygens (including phenoxy) is 1. The van der Waals surface area contributed by atoms with Crippen molar-refractivity contribution in [3.8, 4) is 17.0 Å². The molecule has 3 heterocycles. The number of rotatable bonds is 3. The Balaban J connectivity index is 0.00000245. The predicted octanol–water partition coefficient (Wildman–Crippen LogP) is 5.37. The lowest BCUT2D eigenvalue weighted by molar-refractivity contribution is 0.0862. The number of aromatic amines is 1. The Kier molecular flexibility index (Phi) is 6.37. The van der Waals surface area contributed by atoms with Gasteiger partial charge in [-0.2, -0.15) is 5.10 Å². The average molecular weight is 481 g/mol. The van der Waals surface area contributed by atoms with Crippen LogP contribution in [0, 0.1) is 11.6 Å². The maximum Gasteiger partial charge on any atom is 0.291 e. The molecule has 0 radical (unpaired) electrons. The maximum atomic E-state index is 14.7. The van der Waals surface area contributed by atoms with E-state index in [0.29, 0.717) is 35.1 Å². The number of anilines is 1. The Morgan fingerprint density at radius 3 is 2.66 bits per heavy atom. The Morgan fingerprint density at radius 2 is 1.91 bits per heavy atom. The number of hydrazine groups is 1. The van der Waals surface area contributed by atoms with Crippen LogP contribution >= 0.6 is 24.0 Å². The molecule has 0 saturated carbocycles. The molecule has 168 valence electrons. The molecule has 0 spiro atoms. The fourth-order valence-electron chi connectivity index (χ4n) is 4.09. The summed E-state index contributed by atoms with van der Waals surface area (Å²) in [6, 6.07) is 8.42. The van der Waals surface area contributed by atoms with Crippen molar-refractivity contribution in [3.05, 3.63) is 64.3 Å². The van der Waals surface area contributed by atoms with E-state index in [0.717, 1.165) is 37.0 Å². The fourth-order valence-corrected chi connectivity index (χ4v) is 4.25. The largest absolute Gasteiger partial charge is 0.488 e. The van der Waals surface area contributed by atoms with Gasteiger partial charge in [0.25, 0.3) is 5.91 Å². The molecule has 1 N–H and O–H groups in total. The Bertz CT molecular complexity index is 1160. The van der Waals surface area contributed by atoms with Gasteiger partial charge < -0.3 is 4.74 Å². The highest BCUT2D eigenvalue weighted by molar-refractivity contribution is 6.30. The lowest BCUT2D eigenvalue weighted by Crippen LogP contribution is -2.50. The van der Waals surface area contributed by atoms with Gasteiger partial charge in [-0.3, -0.25) is 9.89 Å². The first-order valence-electron chi connectivity index (χ1n) is 10.1. The number of aromatic nitrogens is 2. The van der Waals surface area contributed by atoms with Gasteiger partial charge in [0.1, 0.15) is 29.6 Å². The number of benzene rings is 2. The van der Waals surface area contributed by atoms with Crippen LogP contribution in [0.15, 0.2) is 36.4 Å². The van der Waals surface area contributed by atoms with E-state index in [2.05, 4.69) is 10.2 Å². The van der Waals surface area contributed by atoms with Crippen LogP contribution in [0.4, 0.5) is 14.5 Å². The molecule has 3 aromatic rings. The molecule has 1 aromatic heterocycles. The number of nitrogens with one attached hydrogen (secondary N) is 1. The summed E-state index contributed by atoms with van der Waals surface area (Å²) in [6.45, 7) is 1.31. The summed E-state index contributed by atoms with van der Waals surface area (Å²) < 4.78 is 34.0. The smallest absolute Gasteiger partial charge is 0.291 e. The highest BCUT2D eigenvalue weighted by atomic mass is 35.5. The third kappa shape index (κ3) is 3.94. The minimum absolute atomic E-state index is 0. The van der Waals surface area contributed by atoms with E-state index < -0.39 is 17.5 Å². The zero-order chi connectivity index (χ0) is 21.5. The molecule has 1 fully saturated rings. The number of amides is 1. The van der Waals surface area contributed by atoms with E-state index in [1.807, 2.05) is 0 Å². The zero-order valence-electron chi connectivity index (χ0n) is 16.9. The first kappa shape index (κ1) is 22.5. The van der Waals surface area contributed by atoms with Crippen molar-refractivity contribution in [2.75, 3.05) is 18.1 Å².